The van der Waals surface area contributed by atoms with Crippen molar-refractivity contribution in [3.63, 3.8) is 0 Å². The molecule has 0 saturated heterocycles. The van der Waals surface area contributed by atoms with Gasteiger partial charge in [-0.2, -0.15) is 0 Å². The number of anilines is 1. The fourth-order valence-electron chi connectivity index (χ4n) is 2.35. The monoisotopic (exact) mass is 286 g/mol. The quantitative estimate of drug-likeness (QED) is 0.796. The topological polar surface area (TPSA) is 42.7 Å². The van der Waals surface area contributed by atoms with Gasteiger partial charge in [0.15, 0.2) is 0 Å². The van der Waals surface area contributed by atoms with Gasteiger partial charge in [-0.15, -0.1) is 0 Å². The van der Waals surface area contributed by atoms with Crippen LogP contribution in [0.15, 0.2) is 42.9 Å². The fraction of sp³-hybridized carbons (Fsp3) is 0.200. The number of fused-ring (bicyclic) bond motifs is 1. The first-order valence-electron chi connectivity index (χ1n) is 6.44. The van der Waals surface area contributed by atoms with Gasteiger partial charge in [0.05, 0.1) is 22.3 Å². The van der Waals surface area contributed by atoms with Crippen molar-refractivity contribution in [3.05, 3.63) is 53.7 Å². The van der Waals surface area contributed by atoms with Crippen LogP contribution in [0, 0.1) is 0 Å². The van der Waals surface area contributed by atoms with Crippen molar-refractivity contribution in [1.29, 1.82) is 0 Å². The summed E-state index contributed by atoms with van der Waals surface area (Å²) in [6, 6.07) is 7.79. The van der Waals surface area contributed by atoms with E-state index in [0.717, 1.165) is 22.4 Å². The third-order valence-corrected chi connectivity index (χ3v) is 3.66. The summed E-state index contributed by atoms with van der Waals surface area (Å²) in [4.78, 5) is 8.79. The minimum Gasteiger partial charge on any atom is -0.374 e. The van der Waals surface area contributed by atoms with Crippen molar-refractivity contribution < 1.29 is 0 Å². The van der Waals surface area contributed by atoms with Crippen molar-refractivity contribution >= 4 is 28.2 Å². The second-order valence-corrected chi connectivity index (χ2v) is 5.16. The van der Waals surface area contributed by atoms with Gasteiger partial charge in [0.1, 0.15) is 5.82 Å². The summed E-state index contributed by atoms with van der Waals surface area (Å²) in [6.45, 7) is 2.08. The first-order valence-corrected chi connectivity index (χ1v) is 6.81. The molecule has 5 heteroatoms. The molecule has 2 heterocycles. The number of pyridine rings is 1. The van der Waals surface area contributed by atoms with Crippen LogP contribution in [0.3, 0.4) is 0 Å². The second-order valence-electron chi connectivity index (χ2n) is 4.76. The maximum absolute atomic E-state index is 6.21. The summed E-state index contributed by atoms with van der Waals surface area (Å²) in [6.07, 6.45) is 5.51. The number of rotatable bonds is 3. The predicted octanol–water partition coefficient (Wildman–Crippen LogP) is 3.79. The molecule has 20 heavy (non-hydrogen) atoms. The van der Waals surface area contributed by atoms with Crippen molar-refractivity contribution in [2.24, 2.45) is 7.05 Å². The van der Waals surface area contributed by atoms with Crippen LogP contribution in [0.5, 0.6) is 0 Å². The molecule has 0 aliphatic heterocycles. The van der Waals surface area contributed by atoms with Crippen molar-refractivity contribution in [3.8, 4) is 0 Å². The zero-order valence-electron chi connectivity index (χ0n) is 11.3. The molecule has 1 unspecified atom stereocenters. The molecule has 4 nitrogen and oxygen atoms in total. The molecular formula is C15H15ClN4. The smallest absolute Gasteiger partial charge is 0.130 e. The van der Waals surface area contributed by atoms with E-state index in [0.29, 0.717) is 5.02 Å². The number of hydrogen-bond donors (Lipinski definition) is 1. The molecule has 2 aromatic heterocycles. The summed E-state index contributed by atoms with van der Waals surface area (Å²) in [7, 11) is 1.98. The molecule has 0 spiro atoms. The maximum atomic E-state index is 6.21. The predicted molar refractivity (Wildman–Crippen MR) is 82.0 cm³/mol. The summed E-state index contributed by atoms with van der Waals surface area (Å²) in [5, 5.41) is 5.11. The Kier molecular flexibility index (Phi) is 3.32. The molecule has 0 aliphatic rings. The molecule has 1 N–H and O–H groups in total. The van der Waals surface area contributed by atoms with Crippen LogP contribution in [-0.2, 0) is 7.05 Å². The third kappa shape index (κ3) is 2.23. The van der Waals surface area contributed by atoms with Gasteiger partial charge in [0.25, 0.3) is 0 Å². The van der Waals surface area contributed by atoms with E-state index in [-0.39, 0.29) is 6.04 Å². The lowest BCUT2D eigenvalue weighted by Gasteiger charge is -2.16. The number of nitrogens with zero attached hydrogens (tertiary/aromatic N) is 3. The highest BCUT2D eigenvalue weighted by molar-refractivity contribution is 6.35. The number of hydrogen-bond acceptors (Lipinski definition) is 3. The van der Waals surface area contributed by atoms with Crippen LogP contribution in [0.2, 0.25) is 5.02 Å². The summed E-state index contributed by atoms with van der Waals surface area (Å²) < 4.78 is 2.00. The van der Waals surface area contributed by atoms with Gasteiger partial charge in [0, 0.05) is 31.0 Å². The average molecular weight is 287 g/mol. The molecule has 0 bridgehead atoms. The van der Waals surface area contributed by atoms with Crippen molar-refractivity contribution in [1.82, 2.24) is 14.5 Å². The van der Waals surface area contributed by atoms with E-state index in [1.165, 1.54) is 0 Å². The van der Waals surface area contributed by atoms with Gasteiger partial charge in [-0.1, -0.05) is 11.6 Å². The van der Waals surface area contributed by atoms with Gasteiger partial charge in [-0.05, 0) is 31.2 Å². The second kappa shape index (κ2) is 5.13. The number of aryl methyl sites for hydroxylation is 1. The summed E-state index contributed by atoms with van der Waals surface area (Å²) in [5.41, 5.74) is 1.83. The Morgan fingerprint density at radius 1 is 1.20 bits per heavy atom. The van der Waals surface area contributed by atoms with Gasteiger partial charge >= 0.3 is 0 Å². The zero-order valence-corrected chi connectivity index (χ0v) is 12.1. The number of benzene rings is 1. The third-order valence-electron chi connectivity index (χ3n) is 3.33. The number of aromatic nitrogens is 3. The highest BCUT2D eigenvalue weighted by Crippen LogP contribution is 2.29. The molecule has 0 amide bonds. The lowest BCUT2D eigenvalue weighted by Crippen LogP contribution is -2.12. The van der Waals surface area contributed by atoms with Gasteiger partial charge < -0.3 is 9.88 Å². The van der Waals surface area contributed by atoms with E-state index in [1.54, 1.807) is 12.4 Å². The molecule has 3 rings (SSSR count). The van der Waals surface area contributed by atoms with Crippen molar-refractivity contribution in [2.75, 3.05) is 5.32 Å². The number of imidazole rings is 1. The molecule has 0 fully saturated rings. The van der Waals surface area contributed by atoms with Crippen LogP contribution >= 0.6 is 11.6 Å². The lowest BCUT2D eigenvalue weighted by molar-refractivity contribution is 0.722. The minimum atomic E-state index is 0.0846. The molecule has 1 aromatic carbocycles. The Morgan fingerprint density at radius 3 is 2.80 bits per heavy atom. The highest BCUT2D eigenvalue weighted by atomic mass is 35.5. The standard InChI is InChI=1S/C15H15ClN4/c1-10(15-18-8-9-20(15)2)19-13-6-5-12(16)11-4-3-7-17-14(11)13/h3-10,19H,1-2H3. The van der Waals surface area contributed by atoms with E-state index >= 15 is 0 Å². The Balaban J connectivity index is 1.99. The molecule has 1 atom stereocenters. The van der Waals surface area contributed by atoms with E-state index in [1.807, 2.05) is 42.1 Å². The maximum Gasteiger partial charge on any atom is 0.130 e. The minimum absolute atomic E-state index is 0.0846. The van der Waals surface area contributed by atoms with Crippen LogP contribution in [0.25, 0.3) is 10.9 Å². The molecule has 0 radical (unpaired) electrons. The zero-order chi connectivity index (χ0) is 14.1. The number of nitrogens with one attached hydrogen (secondary N) is 1. The van der Waals surface area contributed by atoms with E-state index < -0.39 is 0 Å². The Hall–Kier alpha value is -2.07. The average Bonchev–Trinajstić information content (AvgIpc) is 2.88. The van der Waals surface area contributed by atoms with Gasteiger partial charge in [-0.3, -0.25) is 4.98 Å². The Labute approximate surface area is 122 Å². The molecule has 0 aliphatic carbocycles. The number of halogens is 1. The lowest BCUT2D eigenvalue weighted by atomic mass is 10.1. The van der Waals surface area contributed by atoms with Crippen LogP contribution in [0.4, 0.5) is 5.69 Å². The van der Waals surface area contributed by atoms with Gasteiger partial charge in [0.2, 0.25) is 0 Å². The first-order chi connectivity index (χ1) is 9.66. The largest absolute Gasteiger partial charge is 0.374 e. The van der Waals surface area contributed by atoms with Crippen LogP contribution < -0.4 is 5.32 Å². The Bertz CT molecular complexity index is 750. The SMILES string of the molecule is CC(Nc1ccc(Cl)c2cccnc12)c1nccn1C. The Morgan fingerprint density at radius 2 is 2.05 bits per heavy atom. The van der Waals surface area contributed by atoms with E-state index in [4.69, 9.17) is 11.6 Å². The summed E-state index contributed by atoms with van der Waals surface area (Å²) in [5.74, 6) is 0.976. The van der Waals surface area contributed by atoms with Crippen LogP contribution in [-0.4, -0.2) is 14.5 Å². The van der Waals surface area contributed by atoms with Crippen LogP contribution in [0.1, 0.15) is 18.8 Å². The summed E-state index contributed by atoms with van der Waals surface area (Å²) >= 11 is 6.21. The molecule has 0 saturated carbocycles. The molecule has 102 valence electrons. The van der Waals surface area contributed by atoms with Crippen molar-refractivity contribution in [2.45, 2.75) is 13.0 Å². The van der Waals surface area contributed by atoms with E-state index in [2.05, 4.69) is 22.2 Å². The first kappa shape index (κ1) is 12.9. The molecular weight excluding hydrogens is 272 g/mol. The highest BCUT2D eigenvalue weighted by Gasteiger charge is 2.12. The fourth-order valence-corrected chi connectivity index (χ4v) is 2.56. The van der Waals surface area contributed by atoms with E-state index in [9.17, 15) is 0 Å². The molecule has 3 aromatic rings. The van der Waals surface area contributed by atoms with Gasteiger partial charge in [-0.25, -0.2) is 4.98 Å². The normalized spacial score (nSPS) is 12.6.